The Morgan fingerprint density at radius 2 is 1.61 bits per heavy atom. The van der Waals surface area contributed by atoms with Crippen molar-refractivity contribution >= 4 is 5.91 Å². The number of aryl methyl sites for hydroxylation is 2. The van der Waals surface area contributed by atoms with E-state index in [1.807, 2.05) is 66.5 Å². The van der Waals surface area contributed by atoms with Crippen molar-refractivity contribution in [2.75, 3.05) is 0 Å². The van der Waals surface area contributed by atoms with Crippen LogP contribution in [0.5, 0.6) is 0 Å². The molecule has 0 saturated carbocycles. The molecule has 4 heteroatoms. The van der Waals surface area contributed by atoms with Gasteiger partial charge in [-0.3, -0.25) is 9.48 Å². The highest BCUT2D eigenvalue weighted by atomic mass is 16.2. The highest BCUT2D eigenvalue weighted by molar-refractivity contribution is 5.93. The first-order chi connectivity index (χ1) is 7.94. The van der Waals surface area contributed by atoms with Gasteiger partial charge in [0.25, 0.3) is 5.91 Å². The molecule has 1 aromatic heterocycles. The number of hydrogen-bond donors (Lipinski definition) is 0. The molecule has 0 aromatic carbocycles. The summed E-state index contributed by atoms with van der Waals surface area (Å²) in [7, 11) is 1.85. The number of carbonyl (C=O) groups excluding carboxylic acids is 1. The van der Waals surface area contributed by atoms with Crippen LogP contribution < -0.4 is 0 Å². The van der Waals surface area contributed by atoms with Gasteiger partial charge in [-0.2, -0.15) is 5.10 Å². The van der Waals surface area contributed by atoms with Crippen molar-refractivity contribution < 1.29 is 4.79 Å². The summed E-state index contributed by atoms with van der Waals surface area (Å²) in [6.45, 7) is 14.2. The Hall–Kier alpha value is -1.32. The van der Waals surface area contributed by atoms with Crippen molar-refractivity contribution in [1.82, 2.24) is 14.7 Å². The molecule has 102 valence electrons. The fourth-order valence-corrected chi connectivity index (χ4v) is 2.40. The molecule has 0 spiro atoms. The van der Waals surface area contributed by atoms with Gasteiger partial charge in [0.2, 0.25) is 0 Å². The smallest absolute Gasteiger partial charge is 0.275 e. The molecule has 1 aromatic rings. The van der Waals surface area contributed by atoms with Crippen molar-refractivity contribution in [2.24, 2.45) is 7.05 Å². The minimum absolute atomic E-state index is 0.0151. The molecule has 0 fully saturated rings. The Balaban J connectivity index is 3.20. The lowest BCUT2D eigenvalue weighted by atomic mass is 9.95. The second-order valence-corrected chi connectivity index (χ2v) is 6.78. The average Bonchev–Trinajstić information content (AvgIpc) is 2.41. The van der Waals surface area contributed by atoms with Crippen molar-refractivity contribution in [3.05, 3.63) is 17.5 Å². The van der Waals surface area contributed by atoms with E-state index in [1.165, 1.54) is 0 Å². The van der Waals surface area contributed by atoms with Crippen molar-refractivity contribution in [2.45, 2.75) is 59.5 Å². The zero-order valence-electron chi connectivity index (χ0n) is 12.8. The number of aromatic nitrogens is 2. The molecule has 0 atom stereocenters. The predicted molar refractivity (Wildman–Crippen MR) is 73.6 cm³/mol. The molecule has 0 aliphatic rings. The standard InChI is InChI=1S/C14H25N3O/c1-10-9-11(15-16(10)8)12(18)17(13(2,3)4)14(5,6)7/h9H,1-8H3. The summed E-state index contributed by atoms with van der Waals surface area (Å²) in [4.78, 5) is 14.5. The molecular weight excluding hydrogens is 226 g/mol. The van der Waals surface area contributed by atoms with E-state index in [0.717, 1.165) is 5.69 Å². The largest absolute Gasteiger partial charge is 0.328 e. The average molecular weight is 251 g/mol. The van der Waals surface area contributed by atoms with Gasteiger partial charge in [0.15, 0.2) is 5.69 Å². The van der Waals surface area contributed by atoms with Crippen LogP contribution in [0.2, 0.25) is 0 Å². The summed E-state index contributed by atoms with van der Waals surface area (Å²) >= 11 is 0. The molecule has 0 aliphatic carbocycles. The number of rotatable bonds is 1. The van der Waals surface area contributed by atoms with E-state index in [0.29, 0.717) is 5.69 Å². The Bertz CT molecular complexity index is 413. The summed E-state index contributed by atoms with van der Waals surface area (Å²) < 4.78 is 1.73. The Morgan fingerprint density at radius 1 is 1.17 bits per heavy atom. The maximum Gasteiger partial charge on any atom is 0.275 e. The van der Waals surface area contributed by atoms with E-state index >= 15 is 0 Å². The molecule has 1 heterocycles. The minimum atomic E-state index is -0.235. The third-order valence-corrected chi connectivity index (χ3v) is 2.88. The summed E-state index contributed by atoms with van der Waals surface area (Å²) in [5.41, 5.74) is 1.03. The topological polar surface area (TPSA) is 38.1 Å². The second-order valence-electron chi connectivity index (χ2n) is 6.78. The van der Waals surface area contributed by atoms with Gasteiger partial charge in [0.05, 0.1) is 0 Å². The number of hydrogen-bond acceptors (Lipinski definition) is 2. The van der Waals surface area contributed by atoms with Gasteiger partial charge in [-0.15, -0.1) is 0 Å². The molecule has 4 nitrogen and oxygen atoms in total. The second kappa shape index (κ2) is 4.41. The van der Waals surface area contributed by atoms with E-state index < -0.39 is 0 Å². The van der Waals surface area contributed by atoms with E-state index in [4.69, 9.17) is 0 Å². The first-order valence-corrected chi connectivity index (χ1v) is 6.30. The predicted octanol–water partition coefficient (Wildman–Crippen LogP) is 2.77. The first-order valence-electron chi connectivity index (χ1n) is 6.30. The Labute approximate surface area is 110 Å². The van der Waals surface area contributed by atoms with Crippen LogP contribution >= 0.6 is 0 Å². The number of carbonyl (C=O) groups is 1. The molecule has 0 N–H and O–H groups in total. The molecule has 0 radical (unpaired) electrons. The molecule has 1 amide bonds. The molecule has 0 bridgehead atoms. The van der Waals surface area contributed by atoms with Gasteiger partial charge in [0, 0.05) is 23.8 Å². The monoisotopic (exact) mass is 251 g/mol. The van der Waals surface area contributed by atoms with E-state index in [2.05, 4.69) is 5.10 Å². The number of nitrogens with zero attached hydrogens (tertiary/aromatic N) is 3. The Morgan fingerprint density at radius 3 is 1.89 bits per heavy atom. The van der Waals surface area contributed by atoms with E-state index in [1.54, 1.807) is 4.68 Å². The minimum Gasteiger partial charge on any atom is -0.328 e. The van der Waals surface area contributed by atoms with Gasteiger partial charge in [-0.1, -0.05) is 0 Å². The zero-order chi connectivity index (χ0) is 14.3. The molecular formula is C14H25N3O. The quantitative estimate of drug-likeness (QED) is 0.769. The fourth-order valence-electron chi connectivity index (χ4n) is 2.40. The Kier molecular flexibility index (Phi) is 3.61. The molecule has 18 heavy (non-hydrogen) atoms. The lowest BCUT2D eigenvalue weighted by Gasteiger charge is -2.45. The third-order valence-electron chi connectivity index (χ3n) is 2.88. The normalized spacial score (nSPS) is 12.7. The van der Waals surface area contributed by atoms with E-state index in [-0.39, 0.29) is 17.0 Å². The van der Waals surface area contributed by atoms with Gasteiger partial charge < -0.3 is 4.90 Å². The summed E-state index contributed by atoms with van der Waals surface area (Å²) in [5.74, 6) is -0.0151. The fraction of sp³-hybridized carbons (Fsp3) is 0.714. The maximum atomic E-state index is 12.7. The van der Waals surface area contributed by atoms with Gasteiger partial charge in [-0.25, -0.2) is 0 Å². The lowest BCUT2D eigenvalue weighted by Crippen LogP contribution is -2.55. The van der Waals surface area contributed by atoms with Crippen molar-refractivity contribution in [1.29, 1.82) is 0 Å². The van der Waals surface area contributed by atoms with Crippen LogP contribution in [0.3, 0.4) is 0 Å². The number of amides is 1. The SMILES string of the molecule is Cc1cc(C(=O)N(C(C)(C)C)C(C)(C)C)nn1C. The zero-order valence-corrected chi connectivity index (χ0v) is 12.8. The van der Waals surface area contributed by atoms with Gasteiger partial charge in [-0.05, 0) is 54.5 Å². The van der Waals surface area contributed by atoms with Gasteiger partial charge >= 0.3 is 0 Å². The van der Waals surface area contributed by atoms with Crippen molar-refractivity contribution in [3.8, 4) is 0 Å². The van der Waals surface area contributed by atoms with Crippen LogP contribution in [0.25, 0.3) is 0 Å². The molecule has 0 unspecified atom stereocenters. The highest BCUT2D eigenvalue weighted by Gasteiger charge is 2.37. The van der Waals surface area contributed by atoms with Crippen LogP contribution in [0, 0.1) is 6.92 Å². The van der Waals surface area contributed by atoms with Crippen LogP contribution in [0.1, 0.15) is 57.7 Å². The maximum absolute atomic E-state index is 12.7. The highest BCUT2D eigenvalue weighted by Crippen LogP contribution is 2.26. The van der Waals surface area contributed by atoms with Gasteiger partial charge in [0.1, 0.15) is 0 Å². The first kappa shape index (κ1) is 14.7. The molecule has 0 aliphatic heterocycles. The lowest BCUT2D eigenvalue weighted by molar-refractivity contribution is 0.0264. The van der Waals surface area contributed by atoms with Crippen molar-refractivity contribution in [3.63, 3.8) is 0 Å². The van der Waals surface area contributed by atoms with Crippen LogP contribution in [0.4, 0.5) is 0 Å². The summed E-state index contributed by atoms with van der Waals surface area (Å²) in [6, 6.07) is 1.84. The van der Waals surface area contributed by atoms with Crippen LogP contribution in [-0.2, 0) is 7.05 Å². The van der Waals surface area contributed by atoms with Crippen LogP contribution in [-0.4, -0.2) is 31.7 Å². The van der Waals surface area contributed by atoms with Crippen LogP contribution in [0.15, 0.2) is 6.07 Å². The molecule has 1 rings (SSSR count). The third kappa shape index (κ3) is 2.92. The summed E-state index contributed by atoms with van der Waals surface area (Å²) in [6.07, 6.45) is 0. The summed E-state index contributed by atoms with van der Waals surface area (Å²) in [5, 5.41) is 4.28. The molecule has 0 saturated heterocycles. The van der Waals surface area contributed by atoms with E-state index in [9.17, 15) is 4.79 Å².